The van der Waals surface area contributed by atoms with Crippen molar-refractivity contribution in [2.45, 2.75) is 0 Å². The summed E-state index contributed by atoms with van der Waals surface area (Å²) < 4.78 is 4.56. The van der Waals surface area contributed by atoms with Gasteiger partial charge < -0.3 is 9.84 Å². The van der Waals surface area contributed by atoms with E-state index in [-0.39, 0.29) is 12.6 Å². The smallest absolute Gasteiger partial charge is 0.414 e. The standard InChI is InChI=1S/C9H9N3O5/c1-2-3-17-9(16)12-8-10-5(7(14)15)4-6(13)11-8/h2,4H,1,3H2,(H,14,15)(H2,10,11,12,13,16). The molecule has 0 atom stereocenters. The van der Waals surface area contributed by atoms with Crippen molar-refractivity contribution in [1.82, 2.24) is 9.97 Å². The van der Waals surface area contributed by atoms with Crippen molar-refractivity contribution in [3.05, 3.63) is 34.8 Å². The Balaban J connectivity index is 2.84. The molecule has 0 bridgehead atoms. The Morgan fingerprint density at radius 2 is 2.35 bits per heavy atom. The first kappa shape index (κ1) is 12.4. The lowest BCUT2D eigenvalue weighted by Gasteiger charge is -2.04. The number of nitrogens with one attached hydrogen (secondary N) is 2. The van der Waals surface area contributed by atoms with Crippen molar-refractivity contribution in [1.29, 1.82) is 0 Å². The number of hydrogen-bond donors (Lipinski definition) is 3. The van der Waals surface area contributed by atoms with Gasteiger partial charge in [-0.2, -0.15) is 0 Å². The Kier molecular flexibility index (Phi) is 3.98. The number of rotatable bonds is 4. The number of aromatic amines is 1. The number of aromatic nitrogens is 2. The molecule has 0 saturated heterocycles. The topological polar surface area (TPSA) is 121 Å². The van der Waals surface area contributed by atoms with E-state index in [0.29, 0.717) is 0 Å². The number of carboxylic acid groups (broad SMARTS) is 1. The minimum atomic E-state index is -1.38. The maximum atomic E-state index is 11.1. The fourth-order valence-corrected chi connectivity index (χ4v) is 0.894. The van der Waals surface area contributed by atoms with Crippen molar-refractivity contribution in [3.8, 4) is 0 Å². The second kappa shape index (κ2) is 5.45. The number of carboxylic acids is 1. The molecule has 0 aliphatic rings. The predicted octanol–water partition coefficient (Wildman–Crippen LogP) is 0.203. The van der Waals surface area contributed by atoms with E-state index < -0.39 is 23.3 Å². The van der Waals surface area contributed by atoms with Crippen LogP contribution in [0, 0.1) is 0 Å². The zero-order valence-corrected chi connectivity index (χ0v) is 8.60. The average Bonchev–Trinajstić information content (AvgIpc) is 2.25. The van der Waals surface area contributed by atoms with Gasteiger partial charge in [-0.1, -0.05) is 12.7 Å². The molecular weight excluding hydrogens is 230 g/mol. The molecule has 8 nitrogen and oxygen atoms in total. The lowest BCUT2D eigenvalue weighted by Crippen LogP contribution is -2.21. The highest BCUT2D eigenvalue weighted by Crippen LogP contribution is 1.98. The normalized spacial score (nSPS) is 9.41. The molecule has 1 amide bonds. The summed E-state index contributed by atoms with van der Waals surface area (Å²) >= 11 is 0. The lowest BCUT2D eigenvalue weighted by atomic mass is 10.4. The fourth-order valence-electron chi connectivity index (χ4n) is 0.894. The Morgan fingerprint density at radius 1 is 1.65 bits per heavy atom. The molecule has 0 unspecified atom stereocenters. The molecule has 0 aliphatic heterocycles. The van der Waals surface area contributed by atoms with Crippen LogP contribution < -0.4 is 10.9 Å². The summed E-state index contributed by atoms with van der Waals surface area (Å²) in [7, 11) is 0. The molecule has 90 valence electrons. The number of hydrogen-bond acceptors (Lipinski definition) is 5. The van der Waals surface area contributed by atoms with Crippen LogP contribution in [0.15, 0.2) is 23.5 Å². The SMILES string of the molecule is C=CCOC(=O)Nc1nc(C(=O)O)cc(=O)[nH]1. The van der Waals surface area contributed by atoms with Gasteiger partial charge in [-0.05, 0) is 0 Å². The molecule has 17 heavy (non-hydrogen) atoms. The van der Waals surface area contributed by atoms with Gasteiger partial charge in [-0.15, -0.1) is 0 Å². The highest BCUT2D eigenvalue weighted by atomic mass is 16.5. The Bertz CT molecular complexity index is 508. The summed E-state index contributed by atoms with van der Waals surface area (Å²) in [6, 6.07) is 0.794. The van der Waals surface area contributed by atoms with Crippen LogP contribution in [0.3, 0.4) is 0 Å². The molecule has 1 rings (SSSR count). The van der Waals surface area contributed by atoms with Gasteiger partial charge in [0, 0.05) is 6.07 Å². The maximum Gasteiger partial charge on any atom is 0.414 e. The van der Waals surface area contributed by atoms with Gasteiger partial charge in [0.2, 0.25) is 5.95 Å². The van der Waals surface area contributed by atoms with Gasteiger partial charge in [-0.25, -0.2) is 14.6 Å². The van der Waals surface area contributed by atoms with Crippen molar-refractivity contribution in [2.24, 2.45) is 0 Å². The quantitative estimate of drug-likeness (QED) is 0.645. The number of nitrogens with zero attached hydrogens (tertiary/aromatic N) is 1. The highest BCUT2D eigenvalue weighted by Gasteiger charge is 2.10. The van der Waals surface area contributed by atoms with Crippen molar-refractivity contribution >= 4 is 18.0 Å². The number of H-pyrrole nitrogens is 1. The van der Waals surface area contributed by atoms with E-state index in [2.05, 4.69) is 26.6 Å². The molecule has 1 aromatic rings. The largest absolute Gasteiger partial charge is 0.477 e. The average molecular weight is 239 g/mol. The monoisotopic (exact) mass is 239 g/mol. The van der Waals surface area contributed by atoms with Crippen LogP contribution in [0.2, 0.25) is 0 Å². The second-order valence-electron chi connectivity index (χ2n) is 2.80. The minimum Gasteiger partial charge on any atom is -0.477 e. The number of ether oxygens (including phenoxy) is 1. The molecule has 0 spiro atoms. The number of carbonyl (C=O) groups is 2. The molecule has 0 saturated carbocycles. The van der Waals surface area contributed by atoms with Crippen molar-refractivity contribution in [3.63, 3.8) is 0 Å². The summed E-state index contributed by atoms with van der Waals surface area (Å²) in [6.45, 7) is 3.32. The van der Waals surface area contributed by atoms with Gasteiger partial charge in [0.1, 0.15) is 6.61 Å². The van der Waals surface area contributed by atoms with E-state index in [1.807, 2.05) is 0 Å². The van der Waals surface area contributed by atoms with Gasteiger partial charge >= 0.3 is 12.1 Å². The van der Waals surface area contributed by atoms with E-state index in [1.54, 1.807) is 0 Å². The fraction of sp³-hybridized carbons (Fsp3) is 0.111. The van der Waals surface area contributed by atoms with E-state index in [4.69, 9.17) is 5.11 Å². The van der Waals surface area contributed by atoms with Crippen molar-refractivity contribution < 1.29 is 19.4 Å². The number of amides is 1. The minimum absolute atomic E-state index is 0.0192. The first-order valence-electron chi connectivity index (χ1n) is 4.42. The molecule has 8 heteroatoms. The van der Waals surface area contributed by atoms with Gasteiger partial charge in [0.15, 0.2) is 5.69 Å². The molecule has 1 heterocycles. The molecular formula is C9H9N3O5. The summed E-state index contributed by atoms with van der Waals surface area (Å²) in [6.07, 6.45) is 0.472. The Hall–Kier alpha value is -2.64. The Morgan fingerprint density at radius 3 is 2.94 bits per heavy atom. The lowest BCUT2D eigenvalue weighted by molar-refractivity contribution is 0.0690. The van der Waals surface area contributed by atoms with Gasteiger partial charge in [-0.3, -0.25) is 15.1 Å². The van der Waals surface area contributed by atoms with Crippen LogP contribution in [-0.2, 0) is 4.74 Å². The second-order valence-corrected chi connectivity index (χ2v) is 2.80. The first-order chi connectivity index (χ1) is 8.02. The summed E-state index contributed by atoms with van der Waals surface area (Å²) in [5, 5.41) is 10.7. The molecule has 0 fully saturated rings. The molecule has 3 N–H and O–H groups in total. The van der Waals surface area contributed by atoms with E-state index in [1.165, 1.54) is 6.08 Å². The Labute approximate surface area is 94.9 Å². The summed E-state index contributed by atoms with van der Waals surface area (Å²) in [5.41, 5.74) is -1.18. The third-order valence-electron chi connectivity index (χ3n) is 1.51. The molecule has 1 aromatic heterocycles. The molecule has 0 aromatic carbocycles. The summed E-state index contributed by atoms with van der Waals surface area (Å²) in [4.78, 5) is 38.3. The number of aromatic carboxylic acids is 1. The molecule has 0 radical (unpaired) electrons. The van der Waals surface area contributed by atoms with Gasteiger partial charge in [0.25, 0.3) is 5.56 Å². The highest BCUT2D eigenvalue weighted by molar-refractivity contribution is 5.87. The van der Waals surface area contributed by atoms with Crippen LogP contribution >= 0.6 is 0 Å². The zero-order valence-electron chi connectivity index (χ0n) is 8.60. The van der Waals surface area contributed by atoms with Crippen LogP contribution in [0.25, 0.3) is 0 Å². The van der Waals surface area contributed by atoms with Crippen LogP contribution in [0.5, 0.6) is 0 Å². The number of carbonyl (C=O) groups excluding carboxylic acids is 1. The summed E-state index contributed by atoms with van der Waals surface area (Å²) in [5.74, 6) is -1.68. The van der Waals surface area contributed by atoms with Gasteiger partial charge in [0.05, 0.1) is 0 Å². The third-order valence-corrected chi connectivity index (χ3v) is 1.51. The van der Waals surface area contributed by atoms with Crippen molar-refractivity contribution in [2.75, 3.05) is 11.9 Å². The third kappa shape index (κ3) is 3.78. The van der Waals surface area contributed by atoms with E-state index in [9.17, 15) is 14.4 Å². The predicted molar refractivity (Wildman–Crippen MR) is 57.0 cm³/mol. The first-order valence-corrected chi connectivity index (χ1v) is 4.42. The zero-order chi connectivity index (χ0) is 12.8. The number of anilines is 1. The maximum absolute atomic E-state index is 11.1. The van der Waals surface area contributed by atoms with E-state index >= 15 is 0 Å². The van der Waals surface area contributed by atoms with Crippen LogP contribution in [0.1, 0.15) is 10.5 Å². The van der Waals surface area contributed by atoms with Crippen LogP contribution in [-0.4, -0.2) is 33.7 Å². The van der Waals surface area contributed by atoms with E-state index in [0.717, 1.165) is 6.07 Å². The van der Waals surface area contributed by atoms with Crippen LogP contribution in [0.4, 0.5) is 10.7 Å². The molecule has 0 aliphatic carbocycles.